The molecule has 7 heteroatoms. The van der Waals surface area contributed by atoms with Crippen LogP contribution in [0.5, 0.6) is 0 Å². The van der Waals surface area contributed by atoms with Gasteiger partial charge in [-0.15, -0.1) is 0 Å². The topological polar surface area (TPSA) is 72.2 Å². The third kappa shape index (κ3) is 5.22. The Morgan fingerprint density at radius 2 is 1.79 bits per heavy atom. The molecule has 0 aliphatic rings. The van der Waals surface area contributed by atoms with Crippen molar-refractivity contribution in [3.8, 4) is 0 Å². The molecule has 3 N–H and O–H groups in total. The molecule has 2 rings (SSSR count). The Kier molecular flexibility index (Phi) is 6.17. The highest BCUT2D eigenvalue weighted by Crippen LogP contribution is 2.22. The van der Waals surface area contributed by atoms with Gasteiger partial charge in [-0.25, -0.2) is 4.39 Å². The van der Waals surface area contributed by atoms with Crippen molar-refractivity contribution in [3.63, 3.8) is 0 Å². The molecule has 0 unspecified atom stereocenters. The predicted octanol–water partition coefficient (Wildman–Crippen LogP) is 2.89. The number of hydrogen-bond donors (Lipinski definition) is 2. The molecule has 2 aromatic carbocycles. The number of amides is 2. The van der Waals surface area contributed by atoms with Crippen molar-refractivity contribution in [2.45, 2.75) is 18.9 Å². The molecular formula is C17H15Cl2FN2O2. The number of primary amides is 1. The van der Waals surface area contributed by atoms with Gasteiger partial charge < -0.3 is 11.1 Å². The summed E-state index contributed by atoms with van der Waals surface area (Å²) in [6.45, 7) is 0. The molecule has 0 saturated heterocycles. The van der Waals surface area contributed by atoms with E-state index >= 15 is 0 Å². The summed E-state index contributed by atoms with van der Waals surface area (Å²) >= 11 is 11.9. The van der Waals surface area contributed by atoms with E-state index in [1.54, 1.807) is 18.2 Å². The highest BCUT2D eigenvalue weighted by Gasteiger charge is 2.20. The molecular weight excluding hydrogens is 354 g/mol. The van der Waals surface area contributed by atoms with Crippen LogP contribution in [0.1, 0.15) is 11.1 Å². The lowest BCUT2D eigenvalue weighted by molar-refractivity contribution is -0.127. The highest BCUT2D eigenvalue weighted by molar-refractivity contribution is 6.35. The number of nitrogens with one attached hydrogen (secondary N) is 1. The summed E-state index contributed by atoms with van der Waals surface area (Å²) < 4.78 is 12.9. The summed E-state index contributed by atoms with van der Waals surface area (Å²) in [5, 5.41) is 3.43. The van der Waals surface area contributed by atoms with E-state index in [-0.39, 0.29) is 18.7 Å². The first-order chi connectivity index (χ1) is 11.3. The van der Waals surface area contributed by atoms with E-state index in [1.807, 2.05) is 0 Å². The molecule has 126 valence electrons. The monoisotopic (exact) mass is 368 g/mol. The summed E-state index contributed by atoms with van der Waals surface area (Å²) in [5.74, 6) is -1.45. The number of rotatable bonds is 6. The van der Waals surface area contributed by atoms with Crippen LogP contribution in [0.15, 0.2) is 42.5 Å². The highest BCUT2D eigenvalue weighted by atomic mass is 35.5. The predicted molar refractivity (Wildman–Crippen MR) is 91.4 cm³/mol. The zero-order valence-electron chi connectivity index (χ0n) is 12.6. The summed E-state index contributed by atoms with van der Waals surface area (Å²) in [6.07, 6.45) is 0.166. The van der Waals surface area contributed by atoms with E-state index in [1.165, 1.54) is 24.3 Å². The van der Waals surface area contributed by atoms with Crippen molar-refractivity contribution >= 4 is 35.0 Å². The second kappa shape index (κ2) is 8.13. The second-order valence-corrected chi connectivity index (χ2v) is 6.11. The van der Waals surface area contributed by atoms with Crippen LogP contribution in [-0.4, -0.2) is 17.9 Å². The summed E-state index contributed by atoms with van der Waals surface area (Å²) in [7, 11) is 0. The van der Waals surface area contributed by atoms with Crippen LogP contribution in [0.25, 0.3) is 0 Å². The van der Waals surface area contributed by atoms with Crippen LogP contribution >= 0.6 is 23.2 Å². The van der Waals surface area contributed by atoms with Crippen LogP contribution in [0, 0.1) is 5.82 Å². The van der Waals surface area contributed by atoms with Crippen molar-refractivity contribution in [2.75, 3.05) is 0 Å². The standard InChI is InChI=1S/C17H15Cl2FN2O2/c18-12-4-3-11(14(19)9-12)8-15(17(21)24)22-16(23)7-10-1-5-13(20)6-2-10/h1-6,9,15H,7-8H2,(H2,21,24)(H,22,23)/t15-/m1/s1. The maximum Gasteiger partial charge on any atom is 0.240 e. The van der Waals surface area contributed by atoms with Crippen molar-refractivity contribution < 1.29 is 14.0 Å². The molecule has 0 bridgehead atoms. The molecule has 4 nitrogen and oxygen atoms in total. The van der Waals surface area contributed by atoms with Gasteiger partial charge in [-0.05, 0) is 35.4 Å². The van der Waals surface area contributed by atoms with Crippen molar-refractivity contribution in [1.29, 1.82) is 0 Å². The first-order valence-corrected chi connectivity index (χ1v) is 7.88. The van der Waals surface area contributed by atoms with Gasteiger partial charge in [0.15, 0.2) is 0 Å². The van der Waals surface area contributed by atoms with Crippen LogP contribution in [-0.2, 0) is 22.4 Å². The van der Waals surface area contributed by atoms with Gasteiger partial charge in [0.25, 0.3) is 0 Å². The van der Waals surface area contributed by atoms with Gasteiger partial charge in [-0.3, -0.25) is 9.59 Å². The maximum absolute atomic E-state index is 12.9. The van der Waals surface area contributed by atoms with Gasteiger partial charge in [0.05, 0.1) is 6.42 Å². The van der Waals surface area contributed by atoms with Crippen LogP contribution in [0.2, 0.25) is 10.0 Å². The van der Waals surface area contributed by atoms with Gasteiger partial charge in [0, 0.05) is 16.5 Å². The van der Waals surface area contributed by atoms with E-state index < -0.39 is 17.9 Å². The fourth-order valence-electron chi connectivity index (χ4n) is 2.16. The van der Waals surface area contributed by atoms with E-state index in [4.69, 9.17) is 28.9 Å². The number of halogens is 3. The number of nitrogens with two attached hydrogens (primary N) is 1. The Bertz CT molecular complexity index is 751. The minimum absolute atomic E-state index is 0.0123. The molecule has 0 radical (unpaired) electrons. The summed E-state index contributed by atoms with van der Waals surface area (Å²) in [4.78, 5) is 23.7. The van der Waals surface area contributed by atoms with Crippen LogP contribution < -0.4 is 11.1 Å². The molecule has 24 heavy (non-hydrogen) atoms. The lowest BCUT2D eigenvalue weighted by Crippen LogP contribution is -2.46. The average Bonchev–Trinajstić information content (AvgIpc) is 2.51. The van der Waals surface area contributed by atoms with Gasteiger partial charge in [0.1, 0.15) is 11.9 Å². The lowest BCUT2D eigenvalue weighted by atomic mass is 10.0. The smallest absolute Gasteiger partial charge is 0.240 e. The third-order valence-electron chi connectivity index (χ3n) is 3.40. The molecule has 0 saturated carbocycles. The minimum atomic E-state index is -0.906. The number of benzene rings is 2. The van der Waals surface area contributed by atoms with E-state index in [2.05, 4.69) is 5.32 Å². The summed E-state index contributed by atoms with van der Waals surface area (Å²) in [5.41, 5.74) is 6.63. The van der Waals surface area contributed by atoms with Gasteiger partial charge >= 0.3 is 0 Å². The molecule has 2 amide bonds. The number of hydrogen-bond acceptors (Lipinski definition) is 2. The lowest BCUT2D eigenvalue weighted by Gasteiger charge is -2.16. The zero-order valence-corrected chi connectivity index (χ0v) is 14.1. The maximum atomic E-state index is 12.9. The summed E-state index contributed by atoms with van der Waals surface area (Å²) in [6, 6.07) is 9.50. The van der Waals surface area contributed by atoms with Crippen LogP contribution in [0.3, 0.4) is 0 Å². The molecule has 0 aliphatic carbocycles. The van der Waals surface area contributed by atoms with E-state index in [0.29, 0.717) is 21.2 Å². The largest absolute Gasteiger partial charge is 0.368 e. The Morgan fingerprint density at radius 1 is 1.12 bits per heavy atom. The SMILES string of the molecule is NC(=O)[C@@H](Cc1ccc(Cl)cc1Cl)NC(=O)Cc1ccc(F)cc1. The first-order valence-electron chi connectivity index (χ1n) is 7.12. The number of carbonyl (C=O) groups is 2. The third-order valence-corrected chi connectivity index (χ3v) is 3.98. The number of carbonyl (C=O) groups excluding carboxylic acids is 2. The molecule has 0 aromatic heterocycles. The fraction of sp³-hybridized carbons (Fsp3) is 0.176. The molecule has 2 aromatic rings. The Hall–Kier alpha value is -2.11. The van der Waals surface area contributed by atoms with Crippen molar-refractivity contribution in [1.82, 2.24) is 5.32 Å². The normalized spacial score (nSPS) is 11.8. The quantitative estimate of drug-likeness (QED) is 0.822. The fourth-order valence-corrected chi connectivity index (χ4v) is 2.65. The Balaban J connectivity index is 2.03. The second-order valence-electron chi connectivity index (χ2n) is 5.27. The molecule has 0 heterocycles. The van der Waals surface area contributed by atoms with Gasteiger partial charge in [0.2, 0.25) is 11.8 Å². The van der Waals surface area contributed by atoms with Crippen LogP contribution in [0.4, 0.5) is 4.39 Å². The molecule has 0 fully saturated rings. The minimum Gasteiger partial charge on any atom is -0.368 e. The first kappa shape index (κ1) is 18.2. The van der Waals surface area contributed by atoms with Gasteiger partial charge in [-0.1, -0.05) is 41.4 Å². The Morgan fingerprint density at radius 3 is 2.38 bits per heavy atom. The average molecular weight is 369 g/mol. The molecule has 0 spiro atoms. The van der Waals surface area contributed by atoms with Crippen molar-refractivity contribution in [2.24, 2.45) is 5.73 Å². The van der Waals surface area contributed by atoms with E-state index in [9.17, 15) is 14.0 Å². The zero-order chi connectivity index (χ0) is 17.7. The van der Waals surface area contributed by atoms with Crippen molar-refractivity contribution in [3.05, 3.63) is 69.5 Å². The molecule has 1 atom stereocenters. The molecule has 0 aliphatic heterocycles. The van der Waals surface area contributed by atoms with Gasteiger partial charge in [-0.2, -0.15) is 0 Å². The van der Waals surface area contributed by atoms with E-state index in [0.717, 1.165) is 0 Å². The Labute approximate surface area is 148 Å².